The molecule has 5 heteroatoms. The lowest BCUT2D eigenvalue weighted by Crippen LogP contribution is -2.45. The van der Waals surface area contributed by atoms with Crippen molar-refractivity contribution in [3.63, 3.8) is 0 Å². The maximum atomic E-state index is 5.54. The predicted molar refractivity (Wildman–Crippen MR) is 95.3 cm³/mol. The number of aromatic nitrogens is 1. The van der Waals surface area contributed by atoms with Crippen LogP contribution in [0.25, 0.3) is 11.3 Å². The summed E-state index contributed by atoms with van der Waals surface area (Å²) in [7, 11) is 2.35. The standard InChI is InChI=1S/C18H27NO3Si/c1-5-6-12-19-13-8-11-18(19)17-10-7-9-16(14-17)15-23(20-2,21-3)22-4/h7-11,13-14H,5-6,12,15H2,1-4H3. The Bertz CT molecular complexity index is 600. The second-order valence-corrected chi connectivity index (χ2v) is 8.56. The first-order chi connectivity index (χ1) is 11.2. The summed E-state index contributed by atoms with van der Waals surface area (Å²) in [6.45, 7) is 3.27. The Labute approximate surface area is 140 Å². The van der Waals surface area contributed by atoms with E-state index in [0.29, 0.717) is 6.04 Å². The number of benzene rings is 1. The topological polar surface area (TPSA) is 32.6 Å². The molecule has 1 heterocycles. The Balaban J connectivity index is 2.25. The molecule has 0 N–H and O–H groups in total. The van der Waals surface area contributed by atoms with Gasteiger partial charge in [-0.05, 0) is 35.7 Å². The van der Waals surface area contributed by atoms with E-state index in [4.69, 9.17) is 13.3 Å². The van der Waals surface area contributed by atoms with Crippen LogP contribution in [0.4, 0.5) is 0 Å². The Hall–Kier alpha value is -1.40. The molecule has 0 unspecified atom stereocenters. The van der Waals surface area contributed by atoms with Gasteiger partial charge in [-0.25, -0.2) is 0 Å². The van der Waals surface area contributed by atoms with Crippen molar-refractivity contribution >= 4 is 8.80 Å². The lowest BCUT2D eigenvalue weighted by atomic mass is 10.1. The number of aryl methyl sites for hydroxylation is 1. The molecule has 4 nitrogen and oxygen atoms in total. The third-order valence-corrected chi connectivity index (χ3v) is 6.87. The van der Waals surface area contributed by atoms with Gasteiger partial charge in [-0.3, -0.25) is 0 Å². The quantitative estimate of drug-likeness (QED) is 0.652. The summed E-state index contributed by atoms with van der Waals surface area (Å²) >= 11 is 0. The van der Waals surface area contributed by atoms with Gasteiger partial charge in [0.2, 0.25) is 0 Å². The van der Waals surface area contributed by atoms with E-state index in [2.05, 4.69) is 54.1 Å². The molecule has 0 saturated carbocycles. The maximum Gasteiger partial charge on any atom is 0.504 e. The molecule has 1 aromatic carbocycles. The summed E-state index contributed by atoms with van der Waals surface area (Å²) in [5.41, 5.74) is 3.64. The van der Waals surface area contributed by atoms with Gasteiger partial charge in [0.05, 0.1) is 0 Å². The van der Waals surface area contributed by atoms with E-state index in [-0.39, 0.29) is 0 Å². The largest absolute Gasteiger partial charge is 0.504 e. The van der Waals surface area contributed by atoms with Crippen molar-refractivity contribution in [3.05, 3.63) is 48.2 Å². The zero-order valence-corrected chi connectivity index (χ0v) is 15.5. The van der Waals surface area contributed by atoms with Crippen LogP contribution in [0.3, 0.4) is 0 Å². The molecule has 0 atom stereocenters. The predicted octanol–water partition coefficient (Wildman–Crippen LogP) is 3.92. The van der Waals surface area contributed by atoms with Gasteiger partial charge in [-0.15, -0.1) is 0 Å². The third kappa shape index (κ3) is 4.32. The summed E-state index contributed by atoms with van der Waals surface area (Å²) in [6, 6.07) is 13.5. The van der Waals surface area contributed by atoms with Crippen LogP contribution in [0.2, 0.25) is 0 Å². The summed E-state index contributed by atoms with van der Waals surface area (Å²) in [5, 5.41) is 0. The molecule has 0 bridgehead atoms. The second-order valence-electron chi connectivity index (χ2n) is 5.61. The average molecular weight is 334 g/mol. The van der Waals surface area contributed by atoms with Crippen molar-refractivity contribution in [2.24, 2.45) is 0 Å². The van der Waals surface area contributed by atoms with Crippen molar-refractivity contribution < 1.29 is 13.3 Å². The molecule has 126 valence electrons. The fourth-order valence-electron chi connectivity index (χ4n) is 2.76. The number of nitrogens with zero attached hydrogens (tertiary/aromatic N) is 1. The minimum absolute atomic E-state index is 0.667. The molecule has 2 aromatic rings. The van der Waals surface area contributed by atoms with Gasteiger partial charge in [0, 0.05) is 45.8 Å². The number of hydrogen-bond donors (Lipinski definition) is 0. The maximum absolute atomic E-state index is 5.54. The Morgan fingerprint density at radius 2 is 1.74 bits per heavy atom. The first kappa shape index (κ1) is 17.9. The van der Waals surface area contributed by atoms with Crippen LogP contribution in [0.15, 0.2) is 42.6 Å². The van der Waals surface area contributed by atoms with Gasteiger partial charge in [-0.2, -0.15) is 0 Å². The number of rotatable bonds is 9. The summed E-state index contributed by atoms with van der Waals surface area (Å²) in [5.74, 6) is 0. The van der Waals surface area contributed by atoms with Crippen LogP contribution >= 0.6 is 0 Å². The van der Waals surface area contributed by atoms with Crippen LogP contribution in [0.1, 0.15) is 25.3 Å². The van der Waals surface area contributed by atoms with Crippen molar-refractivity contribution in [3.8, 4) is 11.3 Å². The lowest BCUT2D eigenvalue weighted by Gasteiger charge is -2.24. The Kier molecular flexibility index (Phi) is 6.59. The van der Waals surface area contributed by atoms with Crippen molar-refractivity contribution in [2.75, 3.05) is 21.3 Å². The second kappa shape index (κ2) is 8.45. The fraction of sp³-hybridized carbons (Fsp3) is 0.444. The SMILES string of the molecule is CCCCn1cccc1-c1cccc(C[Si](OC)(OC)OC)c1. The highest BCUT2D eigenvalue weighted by Gasteiger charge is 2.38. The smallest absolute Gasteiger partial charge is 0.377 e. The van der Waals surface area contributed by atoms with Crippen molar-refractivity contribution in [1.29, 1.82) is 0 Å². The van der Waals surface area contributed by atoms with Gasteiger partial charge in [0.25, 0.3) is 0 Å². The Morgan fingerprint density at radius 1 is 1.00 bits per heavy atom. The highest BCUT2D eigenvalue weighted by molar-refractivity contribution is 6.60. The van der Waals surface area contributed by atoms with E-state index in [0.717, 1.165) is 6.54 Å². The number of unbranched alkanes of at least 4 members (excludes halogenated alkanes) is 1. The first-order valence-electron chi connectivity index (χ1n) is 8.08. The third-order valence-electron chi connectivity index (χ3n) is 4.16. The van der Waals surface area contributed by atoms with Crippen LogP contribution in [0.5, 0.6) is 0 Å². The van der Waals surface area contributed by atoms with E-state index in [1.165, 1.54) is 29.7 Å². The first-order valence-corrected chi connectivity index (χ1v) is 10.0. The van der Waals surface area contributed by atoms with Gasteiger partial charge < -0.3 is 17.8 Å². The fourth-order valence-corrected chi connectivity index (χ4v) is 4.41. The molecule has 0 spiro atoms. The molecule has 0 radical (unpaired) electrons. The minimum Gasteiger partial charge on any atom is -0.377 e. The number of hydrogen-bond acceptors (Lipinski definition) is 3. The molecular weight excluding hydrogens is 306 g/mol. The van der Waals surface area contributed by atoms with E-state index < -0.39 is 8.80 Å². The lowest BCUT2D eigenvalue weighted by molar-refractivity contribution is 0.122. The van der Waals surface area contributed by atoms with Crippen molar-refractivity contribution in [2.45, 2.75) is 32.4 Å². The van der Waals surface area contributed by atoms with Gasteiger partial charge in [0.1, 0.15) is 0 Å². The van der Waals surface area contributed by atoms with E-state index in [1.54, 1.807) is 21.3 Å². The van der Waals surface area contributed by atoms with E-state index >= 15 is 0 Å². The average Bonchev–Trinajstić information content (AvgIpc) is 3.07. The normalized spacial score (nSPS) is 11.8. The van der Waals surface area contributed by atoms with Gasteiger partial charge in [-0.1, -0.05) is 31.5 Å². The van der Waals surface area contributed by atoms with Crippen molar-refractivity contribution in [1.82, 2.24) is 4.57 Å². The van der Waals surface area contributed by atoms with E-state index in [1.807, 2.05) is 0 Å². The molecule has 0 aliphatic rings. The zero-order valence-electron chi connectivity index (χ0n) is 14.5. The molecular formula is C18H27NO3Si. The highest BCUT2D eigenvalue weighted by atomic mass is 28.4. The monoisotopic (exact) mass is 333 g/mol. The van der Waals surface area contributed by atoms with Gasteiger partial charge >= 0.3 is 8.80 Å². The summed E-state index contributed by atoms with van der Waals surface area (Å²) < 4.78 is 18.9. The molecule has 0 fully saturated rings. The van der Waals surface area contributed by atoms with Crippen LogP contribution in [-0.4, -0.2) is 34.7 Å². The summed E-state index contributed by atoms with van der Waals surface area (Å²) in [6.07, 6.45) is 4.53. The molecule has 1 aromatic heterocycles. The molecule has 2 rings (SSSR count). The van der Waals surface area contributed by atoms with Crippen LogP contribution < -0.4 is 0 Å². The summed E-state index contributed by atoms with van der Waals surface area (Å²) in [4.78, 5) is 0. The zero-order chi connectivity index (χ0) is 16.7. The Morgan fingerprint density at radius 3 is 2.39 bits per heavy atom. The molecule has 0 saturated heterocycles. The molecule has 0 aliphatic carbocycles. The highest BCUT2D eigenvalue weighted by Crippen LogP contribution is 2.24. The van der Waals surface area contributed by atoms with E-state index in [9.17, 15) is 0 Å². The molecule has 0 amide bonds. The minimum atomic E-state index is -2.61. The van der Waals surface area contributed by atoms with Gasteiger partial charge in [0.15, 0.2) is 0 Å². The van der Waals surface area contributed by atoms with Crippen LogP contribution in [0, 0.1) is 0 Å². The van der Waals surface area contributed by atoms with Crippen LogP contribution in [-0.2, 0) is 25.9 Å². The molecule has 0 aliphatic heterocycles. The molecule has 23 heavy (non-hydrogen) atoms.